The van der Waals surface area contributed by atoms with E-state index in [0.29, 0.717) is 9.90 Å². The van der Waals surface area contributed by atoms with Crippen molar-refractivity contribution in [3.05, 3.63) is 55.1 Å². The molecule has 2 rings (SSSR count). The van der Waals surface area contributed by atoms with Crippen LogP contribution in [0.5, 0.6) is 0 Å². The third-order valence-electron chi connectivity index (χ3n) is 2.25. The van der Waals surface area contributed by atoms with E-state index >= 15 is 0 Å². The van der Waals surface area contributed by atoms with Gasteiger partial charge < -0.3 is 5.11 Å². The standard InChI is InChI=1S/C11H6BrClF2OS/c12-5-1-2-7(14)8(9(5)15)10(16)11-6(13)3-4-17-11/h1-4,10,16H. The van der Waals surface area contributed by atoms with Gasteiger partial charge in [0.1, 0.15) is 17.7 Å². The van der Waals surface area contributed by atoms with Gasteiger partial charge in [-0.15, -0.1) is 11.3 Å². The van der Waals surface area contributed by atoms with Crippen LogP contribution in [0.1, 0.15) is 16.5 Å². The summed E-state index contributed by atoms with van der Waals surface area (Å²) >= 11 is 9.92. The van der Waals surface area contributed by atoms with Crippen LogP contribution >= 0.6 is 38.9 Å². The van der Waals surface area contributed by atoms with Crippen molar-refractivity contribution in [3.8, 4) is 0 Å². The fourth-order valence-electron chi connectivity index (χ4n) is 1.43. The fraction of sp³-hybridized carbons (Fsp3) is 0.0909. The van der Waals surface area contributed by atoms with Crippen LogP contribution in [-0.4, -0.2) is 5.11 Å². The zero-order chi connectivity index (χ0) is 12.6. The van der Waals surface area contributed by atoms with Crippen molar-refractivity contribution in [3.63, 3.8) is 0 Å². The van der Waals surface area contributed by atoms with E-state index in [4.69, 9.17) is 11.6 Å². The predicted molar refractivity (Wildman–Crippen MR) is 67.4 cm³/mol. The highest BCUT2D eigenvalue weighted by Crippen LogP contribution is 2.36. The Labute approximate surface area is 114 Å². The normalized spacial score (nSPS) is 12.8. The molecule has 0 saturated heterocycles. The van der Waals surface area contributed by atoms with E-state index in [1.807, 2.05) is 0 Å². The van der Waals surface area contributed by atoms with Crippen LogP contribution in [0.2, 0.25) is 5.02 Å². The zero-order valence-electron chi connectivity index (χ0n) is 8.25. The molecule has 1 nitrogen and oxygen atoms in total. The van der Waals surface area contributed by atoms with Crippen LogP contribution in [0.25, 0.3) is 0 Å². The number of rotatable bonds is 2. The number of halogens is 4. The Hall–Kier alpha value is -0.490. The summed E-state index contributed by atoms with van der Waals surface area (Å²) in [5.74, 6) is -1.62. The molecule has 6 heteroatoms. The molecule has 1 N–H and O–H groups in total. The van der Waals surface area contributed by atoms with Gasteiger partial charge in [0.2, 0.25) is 0 Å². The largest absolute Gasteiger partial charge is 0.383 e. The van der Waals surface area contributed by atoms with Crippen molar-refractivity contribution in [1.82, 2.24) is 0 Å². The van der Waals surface area contributed by atoms with Gasteiger partial charge in [0.05, 0.1) is 19.9 Å². The Morgan fingerprint density at radius 3 is 2.59 bits per heavy atom. The molecule has 1 aromatic heterocycles. The minimum atomic E-state index is -1.40. The first-order chi connectivity index (χ1) is 8.02. The molecular weight excluding hydrogens is 334 g/mol. The van der Waals surface area contributed by atoms with E-state index in [2.05, 4.69) is 15.9 Å². The molecule has 1 unspecified atom stereocenters. The van der Waals surface area contributed by atoms with Crippen molar-refractivity contribution < 1.29 is 13.9 Å². The molecule has 1 heterocycles. The third kappa shape index (κ3) is 2.38. The lowest BCUT2D eigenvalue weighted by atomic mass is 10.1. The van der Waals surface area contributed by atoms with Crippen LogP contribution in [0.3, 0.4) is 0 Å². The summed E-state index contributed by atoms with van der Waals surface area (Å²) in [6, 6.07) is 3.91. The first kappa shape index (κ1) is 13.0. The summed E-state index contributed by atoms with van der Waals surface area (Å²) in [4.78, 5) is 0.322. The van der Waals surface area contributed by atoms with Gasteiger partial charge in [-0.2, -0.15) is 0 Å². The molecular formula is C11H6BrClF2OS. The molecule has 0 spiro atoms. The van der Waals surface area contributed by atoms with Gasteiger partial charge in [0, 0.05) is 0 Å². The summed E-state index contributed by atoms with van der Waals surface area (Å²) in [6.45, 7) is 0. The Morgan fingerprint density at radius 1 is 1.29 bits per heavy atom. The first-order valence-electron chi connectivity index (χ1n) is 4.56. The van der Waals surface area contributed by atoms with Gasteiger partial charge in [0.15, 0.2) is 0 Å². The topological polar surface area (TPSA) is 20.2 Å². The minimum Gasteiger partial charge on any atom is -0.383 e. The molecule has 0 saturated carbocycles. The zero-order valence-corrected chi connectivity index (χ0v) is 11.4. The molecule has 90 valence electrons. The lowest BCUT2D eigenvalue weighted by Crippen LogP contribution is -2.05. The van der Waals surface area contributed by atoms with Crippen LogP contribution in [0, 0.1) is 11.6 Å². The van der Waals surface area contributed by atoms with E-state index in [-0.39, 0.29) is 4.47 Å². The van der Waals surface area contributed by atoms with E-state index in [1.54, 1.807) is 11.4 Å². The van der Waals surface area contributed by atoms with Crippen LogP contribution < -0.4 is 0 Å². The van der Waals surface area contributed by atoms with Crippen molar-refractivity contribution in [2.75, 3.05) is 0 Å². The maximum absolute atomic E-state index is 13.8. The summed E-state index contributed by atoms with van der Waals surface area (Å²) in [5, 5.41) is 11.9. The highest BCUT2D eigenvalue weighted by molar-refractivity contribution is 9.10. The molecule has 0 bridgehead atoms. The van der Waals surface area contributed by atoms with Gasteiger partial charge in [-0.05, 0) is 39.5 Å². The summed E-state index contributed by atoms with van der Waals surface area (Å²) in [7, 11) is 0. The van der Waals surface area contributed by atoms with E-state index in [1.165, 1.54) is 6.07 Å². The van der Waals surface area contributed by atoms with Gasteiger partial charge in [-0.1, -0.05) is 11.6 Å². The second kappa shape index (κ2) is 5.02. The number of thiophene rings is 1. The molecule has 0 aliphatic carbocycles. The Morgan fingerprint density at radius 2 is 2.00 bits per heavy atom. The second-order valence-corrected chi connectivity index (χ2v) is 5.50. The molecule has 1 aromatic carbocycles. The average molecular weight is 340 g/mol. The molecule has 1 atom stereocenters. The molecule has 0 aliphatic rings. The number of benzene rings is 1. The van der Waals surface area contributed by atoms with Crippen molar-refractivity contribution in [1.29, 1.82) is 0 Å². The van der Waals surface area contributed by atoms with Gasteiger partial charge in [-0.3, -0.25) is 0 Å². The molecule has 0 amide bonds. The van der Waals surface area contributed by atoms with E-state index < -0.39 is 23.3 Å². The molecule has 0 radical (unpaired) electrons. The second-order valence-electron chi connectivity index (χ2n) is 3.29. The quantitative estimate of drug-likeness (QED) is 0.797. The molecule has 0 fully saturated rings. The molecule has 2 aromatic rings. The maximum Gasteiger partial charge on any atom is 0.146 e. The highest BCUT2D eigenvalue weighted by Gasteiger charge is 2.24. The van der Waals surface area contributed by atoms with E-state index in [0.717, 1.165) is 17.4 Å². The fourth-order valence-corrected chi connectivity index (χ4v) is 2.92. The van der Waals surface area contributed by atoms with Crippen molar-refractivity contribution >= 4 is 38.9 Å². The van der Waals surface area contributed by atoms with Gasteiger partial charge in [-0.25, -0.2) is 8.78 Å². The van der Waals surface area contributed by atoms with Crippen LogP contribution in [0.15, 0.2) is 28.1 Å². The lowest BCUT2D eigenvalue weighted by Gasteiger charge is -2.12. The summed E-state index contributed by atoms with van der Waals surface area (Å²) < 4.78 is 27.4. The Balaban J connectivity index is 2.55. The SMILES string of the molecule is OC(c1sccc1Cl)c1c(F)ccc(Br)c1F. The smallest absolute Gasteiger partial charge is 0.146 e. The van der Waals surface area contributed by atoms with Crippen molar-refractivity contribution in [2.24, 2.45) is 0 Å². The first-order valence-corrected chi connectivity index (χ1v) is 6.61. The molecule has 17 heavy (non-hydrogen) atoms. The van der Waals surface area contributed by atoms with E-state index in [9.17, 15) is 13.9 Å². The van der Waals surface area contributed by atoms with Crippen LogP contribution in [-0.2, 0) is 0 Å². The van der Waals surface area contributed by atoms with Gasteiger partial charge in [0.25, 0.3) is 0 Å². The predicted octanol–water partition coefficient (Wildman–Crippen LogP) is 4.52. The third-order valence-corrected chi connectivity index (χ3v) is 4.27. The minimum absolute atomic E-state index is 0.0978. The van der Waals surface area contributed by atoms with Gasteiger partial charge >= 0.3 is 0 Å². The number of aliphatic hydroxyl groups is 1. The average Bonchev–Trinajstić information content (AvgIpc) is 2.70. The Kier molecular flexibility index (Phi) is 3.82. The van der Waals surface area contributed by atoms with Crippen LogP contribution in [0.4, 0.5) is 8.78 Å². The Bertz CT molecular complexity index is 558. The maximum atomic E-state index is 13.8. The number of hydrogen-bond donors (Lipinski definition) is 1. The summed E-state index contributed by atoms with van der Waals surface area (Å²) in [5.41, 5.74) is -0.399. The molecule has 0 aliphatic heterocycles. The lowest BCUT2D eigenvalue weighted by molar-refractivity contribution is 0.212. The number of aliphatic hydroxyl groups excluding tert-OH is 1. The summed E-state index contributed by atoms with van der Waals surface area (Å²) in [6.07, 6.45) is -1.40. The highest BCUT2D eigenvalue weighted by atomic mass is 79.9. The number of hydrogen-bond acceptors (Lipinski definition) is 2. The van der Waals surface area contributed by atoms with Crippen molar-refractivity contribution in [2.45, 2.75) is 6.10 Å². The monoisotopic (exact) mass is 338 g/mol.